The number of nitrogens with one attached hydrogen (secondary N) is 2. The lowest BCUT2D eigenvalue weighted by molar-refractivity contribution is -0.124. The first-order chi connectivity index (χ1) is 16.3. The normalized spacial score (nSPS) is 15.1. The summed E-state index contributed by atoms with van der Waals surface area (Å²) in [7, 11) is 0. The topological polar surface area (TPSA) is 78.5 Å². The molecule has 1 aliphatic rings. The average Bonchev–Trinajstić information content (AvgIpc) is 2.81. The van der Waals surface area contributed by atoms with Crippen molar-refractivity contribution in [1.82, 2.24) is 0 Å². The molecule has 0 fully saturated rings. The highest BCUT2D eigenvalue weighted by Gasteiger charge is 2.37. The van der Waals surface area contributed by atoms with Crippen LogP contribution in [0.4, 0.5) is 17.1 Å². The Labute approximate surface area is 211 Å². The number of halogens is 3. The smallest absolute Gasteiger partial charge is 0.251 e. The minimum absolute atomic E-state index is 0.272. The summed E-state index contributed by atoms with van der Waals surface area (Å²) < 4.78 is 0. The van der Waals surface area contributed by atoms with Gasteiger partial charge in [-0.2, -0.15) is 0 Å². The number of rotatable bonds is 5. The van der Waals surface area contributed by atoms with Gasteiger partial charge in [0.25, 0.3) is 5.91 Å². The minimum atomic E-state index is -1.07. The predicted molar refractivity (Wildman–Crippen MR) is 137 cm³/mol. The maximum Gasteiger partial charge on any atom is 0.251 e. The van der Waals surface area contributed by atoms with Crippen molar-refractivity contribution >= 4 is 75.7 Å². The van der Waals surface area contributed by atoms with Gasteiger partial charge in [0.15, 0.2) is 0 Å². The molecular weight excluding hydrogens is 497 g/mol. The Kier molecular flexibility index (Phi) is 7.22. The summed E-state index contributed by atoms with van der Waals surface area (Å²) in [4.78, 5) is 40.3. The molecule has 9 heteroatoms. The van der Waals surface area contributed by atoms with Gasteiger partial charge in [-0.3, -0.25) is 19.3 Å². The molecule has 172 valence electrons. The molecule has 1 atom stereocenters. The van der Waals surface area contributed by atoms with Gasteiger partial charge in [0.2, 0.25) is 11.8 Å². The second kappa shape index (κ2) is 10.3. The second-order valence-electron chi connectivity index (χ2n) is 7.47. The van der Waals surface area contributed by atoms with Crippen LogP contribution < -0.4 is 15.5 Å². The van der Waals surface area contributed by atoms with E-state index in [0.29, 0.717) is 32.7 Å². The number of fused-ring (bicyclic) bond motifs is 1. The number of carbonyl (C=O) groups is 3. The van der Waals surface area contributed by atoms with Gasteiger partial charge in [0.1, 0.15) is 6.04 Å². The van der Waals surface area contributed by atoms with E-state index in [4.69, 9.17) is 34.8 Å². The van der Waals surface area contributed by atoms with Crippen LogP contribution in [0.3, 0.4) is 0 Å². The predicted octanol–water partition coefficient (Wildman–Crippen LogP) is 6.04. The largest absolute Gasteiger partial charge is 0.326 e. The molecule has 3 aromatic rings. The molecule has 0 radical (unpaired) electrons. The first-order valence-corrected chi connectivity index (χ1v) is 11.4. The van der Waals surface area contributed by atoms with Crippen molar-refractivity contribution in [3.8, 4) is 0 Å². The van der Waals surface area contributed by atoms with Gasteiger partial charge in [-0.25, -0.2) is 0 Å². The van der Waals surface area contributed by atoms with E-state index in [1.165, 1.54) is 17.0 Å². The maximum absolute atomic E-state index is 13.3. The number of carbonyl (C=O) groups excluding carboxylic acids is 3. The van der Waals surface area contributed by atoms with Crippen LogP contribution in [0.15, 0.2) is 72.8 Å². The lowest BCUT2D eigenvalue weighted by atomic mass is 10.0. The number of hydrogen-bond acceptors (Lipinski definition) is 3. The van der Waals surface area contributed by atoms with Crippen molar-refractivity contribution in [1.29, 1.82) is 0 Å². The molecule has 3 amide bonds. The lowest BCUT2D eigenvalue weighted by Gasteiger charge is -2.35. The summed E-state index contributed by atoms with van der Waals surface area (Å²) in [5.41, 5.74) is 2.05. The fourth-order valence-corrected chi connectivity index (χ4v) is 4.06. The standard InChI is InChI=1S/C25H18Cl3N3O3/c26-17-6-2-1-5-15(17)9-12-24(33)31-21-8-4-3-7-20(21)30-25(34)22(31)14-23(32)29-16-10-11-18(27)19(28)13-16/h1-13,22H,14H2,(H,29,32)(H,30,34)/b12-9+/t22-/m1/s1. The SMILES string of the molecule is O=C(C[C@@H]1C(=O)Nc2ccccc2N1C(=O)/C=C/c1ccccc1Cl)Nc1ccc(Cl)c(Cl)c1. The monoisotopic (exact) mass is 513 g/mol. The highest BCUT2D eigenvalue weighted by Crippen LogP contribution is 2.33. The van der Waals surface area contributed by atoms with Crippen molar-refractivity contribution in [2.45, 2.75) is 12.5 Å². The van der Waals surface area contributed by atoms with Crippen molar-refractivity contribution < 1.29 is 14.4 Å². The van der Waals surface area contributed by atoms with Gasteiger partial charge in [0, 0.05) is 16.8 Å². The Morgan fingerprint density at radius 2 is 1.68 bits per heavy atom. The average molecular weight is 515 g/mol. The van der Waals surface area contributed by atoms with Gasteiger partial charge in [0.05, 0.1) is 27.8 Å². The van der Waals surface area contributed by atoms with Crippen LogP contribution in [0, 0.1) is 0 Å². The van der Waals surface area contributed by atoms with E-state index in [-0.39, 0.29) is 11.4 Å². The van der Waals surface area contributed by atoms with E-state index in [9.17, 15) is 14.4 Å². The van der Waals surface area contributed by atoms with Crippen LogP contribution in [0.25, 0.3) is 6.08 Å². The Balaban J connectivity index is 1.61. The van der Waals surface area contributed by atoms with Crippen LogP contribution in [0.5, 0.6) is 0 Å². The summed E-state index contributed by atoms with van der Waals surface area (Å²) in [5.74, 6) is -1.40. The molecule has 0 bridgehead atoms. The zero-order valence-corrected chi connectivity index (χ0v) is 19.9. The summed E-state index contributed by atoms with van der Waals surface area (Å²) in [6.07, 6.45) is 2.64. The maximum atomic E-state index is 13.3. The number of para-hydroxylation sites is 2. The van der Waals surface area contributed by atoms with E-state index < -0.39 is 23.8 Å². The zero-order chi connectivity index (χ0) is 24.2. The molecule has 0 saturated heterocycles. The highest BCUT2D eigenvalue weighted by atomic mass is 35.5. The number of hydrogen-bond donors (Lipinski definition) is 2. The first-order valence-electron chi connectivity index (χ1n) is 10.2. The fraction of sp³-hybridized carbons (Fsp3) is 0.0800. The third-order valence-corrected chi connectivity index (χ3v) is 6.25. The fourth-order valence-electron chi connectivity index (χ4n) is 3.56. The molecule has 0 unspecified atom stereocenters. The molecule has 0 saturated carbocycles. The van der Waals surface area contributed by atoms with Crippen molar-refractivity contribution in [3.05, 3.63) is 93.4 Å². The number of benzene rings is 3. The van der Waals surface area contributed by atoms with Crippen molar-refractivity contribution in [3.63, 3.8) is 0 Å². The van der Waals surface area contributed by atoms with Crippen LogP contribution in [0.1, 0.15) is 12.0 Å². The molecule has 3 aromatic carbocycles. The Morgan fingerprint density at radius 1 is 0.941 bits per heavy atom. The summed E-state index contributed by atoms with van der Waals surface area (Å²) in [6.45, 7) is 0. The molecule has 0 spiro atoms. The second-order valence-corrected chi connectivity index (χ2v) is 8.69. The van der Waals surface area contributed by atoms with E-state index >= 15 is 0 Å². The third kappa shape index (κ3) is 5.25. The molecule has 4 rings (SSSR count). The quantitative estimate of drug-likeness (QED) is 0.407. The van der Waals surface area contributed by atoms with Gasteiger partial charge in [-0.1, -0.05) is 65.1 Å². The van der Waals surface area contributed by atoms with Crippen molar-refractivity contribution in [2.24, 2.45) is 0 Å². The van der Waals surface area contributed by atoms with Gasteiger partial charge in [-0.15, -0.1) is 0 Å². The molecule has 2 N–H and O–H groups in total. The summed E-state index contributed by atoms with van der Waals surface area (Å²) in [6, 6.07) is 17.6. The number of amides is 3. The molecule has 34 heavy (non-hydrogen) atoms. The number of nitrogens with zero attached hydrogens (tertiary/aromatic N) is 1. The summed E-state index contributed by atoms with van der Waals surface area (Å²) in [5, 5.41) is 6.58. The van der Waals surface area contributed by atoms with Crippen LogP contribution in [-0.4, -0.2) is 23.8 Å². The molecule has 0 aliphatic carbocycles. The van der Waals surface area contributed by atoms with E-state index in [1.54, 1.807) is 66.7 Å². The zero-order valence-electron chi connectivity index (χ0n) is 17.6. The van der Waals surface area contributed by atoms with Crippen molar-refractivity contribution in [2.75, 3.05) is 15.5 Å². The third-order valence-electron chi connectivity index (χ3n) is 5.17. The van der Waals surface area contributed by atoms with E-state index in [2.05, 4.69) is 10.6 Å². The molecule has 0 aromatic heterocycles. The molecule has 1 aliphatic heterocycles. The Morgan fingerprint density at radius 3 is 2.44 bits per heavy atom. The van der Waals surface area contributed by atoms with E-state index in [0.717, 1.165) is 0 Å². The highest BCUT2D eigenvalue weighted by molar-refractivity contribution is 6.42. The van der Waals surface area contributed by atoms with Crippen LogP contribution >= 0.6 is 34.8 Å². The van der Waals surface area contributed by atoms with Gasteiger partial charge in [-0.05, 0) is 48.0 Å². The van der Waals surface area contributed by atoms with Crippen LogP contribution in [0.2, 0.25) is 15.1 Å². The number of anilines is 3. The van der Waals surface area contributed by atoms with E-state index in [1.807, 2.05) is 0 Å². The first kappa shape index (κ1) is 23.8. The molecule has 1 heterocycles. The molecular formula is C25H18Cl3N3O3. The Bertz CT molecular complexity index is 1310. The summed E-state index contributed by atoms with van der Waals surface area (Å²) >= 11 is 18.1. The van der Waals surface area contributed by atoms with Crippen LogP contribution in [-0.2, 0) is 14.4 Å². The Hall–Kier alpha value is -3.32. The van der Waals surface area contributed by atoms with Gasteiger partial charge >= 0.3 is 0 Å². The van der Waals surface area contributed by atoms with Gasteiger partial charge < -0.3 is 10.6 Å². The minimum Gasteiger partial charge on any atom is -0.326 e. The molecule has 6 nitrogen and oxygen atoms in total. The lowest BCUT2D eigenvalue weighted by Crippen LogP contribution is -2.52.